The van der Waals surface area contributed by atoms with E-state index >= 15 is 0 Å². The molecule has 0 spiro atoms. The first-order valence-electron chi connectivity index (χ1n) is 8.45. The van der Waals surface area contributed by atoms with Crippen molar-refractivity contribution in [3.8, 4) is 0 Å². The first-order chi connectivity index (χ1) is 11.3. The maximum atomic E-state index is 4.52. The van der Waals surface area contributed by atoms with Crippen LogP contribution in [-0.2, 0) is 13.0 Å². The Hall–Kier alpha value is -2.29. The predicted molar refractivity (Wildman–Crippen MR) is 94.6 cm³/mol. The predicted octanol–water partition coefficient (Wildman–Crippen LogP) is 3.18. The van der Waals surface area contributed by atoms with Crippen molar-refractivity contribution in [3.05, 3.63) is 71.3 Å². The maximum absolute atomic E-state index is 4.52. The van der Waals surface area contributed by atoms with Crippen molar-refractivity contribution in [2.24, 2.45) is 4.99 Å². The van der Waals surface area contributed by atoms with Crippen LogP contribution in [0.3, 0.4) is 0 Å². The van der Waals surface area contributed by atoms with Crippen LogP contribution in [0.5, 0.6) is 0 Å². The summed E-state index contributed by atoms with van der Waals surface area (Å²) < 4.78 is 0. The fraction of sp³-hybridized carbons (Fsp3) is 0.350. The number of hydrogen-bond acceptors (Lipinski definition) is 1. The second kappa shape index (κ2) is 6.07. The van der Waals surface area contributed by atoms with E-state index in [2.05, 4.69) is 69.8 Å². The van der Waals surface area contributed by atoms with E-state index in [0.717, 1.165) is 25.5 Å². The zero-order valence-electron chi connectivity index (χ0n) is 13.6. The number of hydrogen-bond donors (Lipinski definition) is 1. The second-order valence-electron chi connectivity index (χ2n) is 6.49. The molecule has 1 aliphatic carbocycles. The minimum absolute atomic E-state index is 0.522. The summed E-state index contributed by atoms with van der Waals surface area (Å²) in [6.07, 6.45) is 2.30. The molecule has 0 bridgehead atoms. The Labute approximate surface area is 138 Å². The monoisotopic (exact) mass is 305 g/mol. The van der Waals surface area contributed by atoms with Crippen molar-refractivity contribution in [3.63, 3.8) is 0 Å². The summed E-state index contributed by atoms with van der Waals surface area (Å²) in [5, 5.41) is 3.67. The molecule has 0 radical (unpaired) electrons. The molecule has 1 fully saturated rings. The van der Waals surface area contributed by atoms with Gasteiger partial charge < -0.3 is 10.2 Å². The van der Waals surface area contributed by atoms with Gasteiger partial charge in [-0.1, -0.05) is 54.6 Å². The Balaban J connectivity index is 1.41. The summed E-state index contributed by atoms with van der Waals surface area (Å²) in [5.74, 6) is 1.67. The lowest BCUT2D eigenvalue weighted by Crippen LogP contribution is -2.45. The standard InChI is InChI=1S/C20H23N3/c1-21-20(22-19-13-18(19)16-8-3-2-4-9-16)23-12-11-15-7-5-6-10-17(15)14-23/h2-10,18-19H,11-14H2,1H3,(H,21,22). The first-order valence-corrected chi connectivity index (χ1v) is 8.45. The molecule has 118 valence electrons. The normalized spacial score (nSPS) is 23.3. The molecule has 23 heavy (non-hydrogen) atoms. The van der Waals surface area contributed by atoms with Crippen molar-refractivity contribution in [2.75, 3.05) is 13.6 Å². The van der Waals surface area contributed by atoms with Gasteiger partial charge in [-0.15, -0.1) is 0 Å². The first kappa shape index (κ1) is 14.3. The van der Waals surface area contributed by atoms with Crippen LogP contribution < -0.4 is 5.32 Å². The summed E-state index contributed by atoms with van der Waals surface area (Å²) in [7, 11) is 1.89. The summed E-state index contributed by atoms with van der Waals surface area (Å²) >= 11 is 0. The number of fused-ring (bicyclic) bond motifs is 1. The Bertz CT molecular complexity index is 708. The van der Waals surface area contributed by atoms with Gasteiger partial charge in [0.2, 0.25) is 0 Å². The summed E-state index contributed by atoms with van der Waals surface area (Å²) in [5.41, 5.74) is 4.34. The molecule has 2 unspecified atom stereocenters. The largest absolute Gasteiger partial charge is 0.353 e. The lowest BCUT2D eigenvalue weighted by molar-refractivity contribution is 0.378. The Morgan fingerprint density at radius 3 is 2.57 bits per heavy atom. The highest BCUT2D eigenvalue weighted by Gasteiger charge is 2.39. The minimum atomic E-state index is 0.522. The van der Waals surface area contributed by atoms with Gasteiger partial charge in [-0.3, -0.25) is 4.99 Å². The van der Waals surface area contributed by atoms with Crippen LogP contribution in [0.25, 0.3) is 0 Å². The SMILES string of the molecule is CN=C(NC1CC1c1ccccc1)N1CCc2ccccc2C1. The molecule has 1 aliphatic heterocycles. The van der Waals surface area contributed by atoms with E-state index in [9.17, 15) is 0 Å². The number of benzene rings is 2. The number of aliphatic imine (C=N–C) groups is 1. The highest BCUT2D eigenvalue weighted by atomic mass is 15.3. The Morgan fingerprint density at radius 2 is 1.78 bits per heavy atom. The van der Waals surface area contributed by atoms with Gasteiger partial charge in [0.05, 0.1) is 0 Å². The molecule has 3 heteroatoms. The van der Waals surface area contributed by atoms with E-state index < -0.39 is 0 Å². The molecule has 2 aromatic carbocycles. The zero-order valence-corrected chi connectivity index (χ0v) is 13.6. The molecule has 0 aromatic heterocycles. The molecule has 0 saturated heterocycles. The lowest BCUT2D eigenvalue weighted by Gasteiger charge is -2.31. The topological polar surface area (TPSA) is 27.6 Å². The van der Waals surface area contributed by atoms with Crippen LogP contribution in [-0.4, -0.2) is 30.5 Å². The molecule has 2 atom stereocenters. The van der Waals surface area contributed by atoms with Gasteiger partial charge in [0, 0.05) is 32.1 Å². The second-order valence-corrected chi connectivity index (χ2v) is 6.49. The summed E-state index contributed by atoms with van der Waals surface area (Å²) in [4.78, 5) is 6.90. The van der Waals surface area contributed by atoms with Crippen LogP contribution in [0.2, 0.25) is 0 Å². The molecule has 1 N–H and O–H groups in total. The van der Waals surface area contributed by atoms with Crippen molar-refractivity contribution in [1.29, 1.82) is 0 Å². The average Bonchev–Trinajstić information content (AvgIpc) is 3.39. The molecule has 1 saturated carbocycles. The van der Waals surface area contributed by atoms with Crippen LogP contribution in [0.15, 0.2) is 59.6 Å². The van der Waals surface area contributed by atoms with Crippen molar-refractivity contribution >= 4 is 5.96 Å². The van der Waals surface area contributed by atoms with Gasteiger partial charge in [0.25, 0.3) is 0 Å². The van der Waals surface area contributed by atoms with Gasteiger partial charge in [0.15, 0.2) is 5.96 Å². The highest BCUT2D eigenvalue weighted by Crippen LogP contribution is 2.40. The average molecular weight is 305 g/mol. The third kappa shape index (κ3) is 2.96. The zero-order chi connectivity index (χ0) is 15.6. The number of guanidine groups is 1. The molecular weight excluding hydrogens is 282 g/mol. The van der Waals surface area contributed by atoms with E-state index in [0.29, 0.717) is 12.0 Å². The lowest BCUT2D eigenvalue weighted by atomic mass is 10.0. The highest BCUT2D eigenvalue weighted by molar-refractivity contribution is 5.81. The van der Waals surface area contributed by atoms with Crippen LogP contribution in [0, 0.1) is 0 Å². The molecule has 1 heterocycles. The molecule has 3 nitrogen and oxygen atoms in total. The third-order valence-corrected chi connectivity index (χ3v) is 4.97. The summed E-state index contributed by atoms with van der Waals surface area (Å²) in [6.45, 7) is 2.00. The maximum Gasteiger partial charge on any atom is 0.194 e. The van der Waals surface area contributed by atoms with E-state index in [4.69, 9.17) is 0 Å². The van der Waals surface area contributed by atoms with Gasteiger partial charge >= 0.3 is 0 Å². The van der Waals surface area contributed by atoms with E-state index in [-0.39, 0.29) is 0 Å². The Morgan fingerprint density at radius 1 is 1.04 bits per heavy atom. The van der Waals surface area contributed by atoms with Crippen molar-refractivity contribution in [2.45, 2.75) is 31.3 Å². The van der Waals surface area contributed by atoms with E-state index in [1.54, 1.807) is 0 Å². The third-order valence-electron chi connectivity index (χ3n) is 4.97. The molecule has 2 aliphatic rings. The number of nitrogens with zero attached hydrogens (tertiary/aromatic N) is 2. The van der Waals surface area contributed by atoms with Gasteiger partial charge in [0.1, 0.15) is 0 Å². The van der Waals surface area contributed by atoms with Gasteiger partial charge in [-0.05, 0) is 29.5 Å². The molecule has 4 rings (SSSR count). The van der Waals surface area contributed by atoms with Crippen LogP contribution in [0.1, 0.15) is 29.0 Å². The smallest absolute Gasteiger partial charge is 0.194 e. The summed E-state index contributed by atoms with van der Waals surface area (Å²) in [6, 6.07) is 20.1. The molecule has 2 aromatic rings. The number of rotatable bonds is 2. The van der Waals surface area contributed by atoms with Crippen LogP contribution in [0.4, 0.5) is 0 Å². The number of nitrogens with one attached hydrogen (secondary N) is 1. The fourth-order valence-corrected chi connectivity index (χ4v) is 3.56. The van der Waals surface area contributed by atoms with E-state index in [1.165, 1.54) is 23.1 Å². The van der Waals surface area contributed by atoms with Crippen molar-refractivity contribution in [1.82, 2.24) is 10.2 Å². The van der Waals surface area contributed by atoms with Gasteiger partial charge in [-0.2, -0.15) is 0 Å². The van der Waals surface area contributed by atoms with Crippen LogP contribution >= 0.6 is 0 Å². The Kier molecular flexibility index (Phi) is 3.78. The van der Waals surface area contributed by atoms with Gasteiger partial charge in [-0.25, -0.2) is 0 Å². The van der Waals surface area contributed by atoms with E-state index in [1.807, 2.05) is 7.05 Å². The van der Waals surface area contributed by atoms with Crippen molar-refractivity contribution < 1.29 is 0 Å². The molecular formula is C20H23N3. The quantitative estimate of drug-likeness (QED) is 0.682. The molecule has 0 amide bonds. The minimum Gasteiger partial charge on any atom is -0.353 e. The fourth-order valence-electron chi connectivity index (χ4n) is 3.56.